The van der Waals surface area contributed by atoms with Crippen molar-refractivity contribution in [2.24, 2.45) is 0 Å². The van der Waals surface area contributed by atoms with E-state index in [4.69, 9.17) is 0 Å². The lowest BCUT2D eigenvalue weighted by Gasteiger charge is -2.09. The van der Waals surface area contributed by atoms with Crippen LogP contribution in [0.15, 0.2) is 78.0 Å². The average Bonchev–Trinajstić information content (AvgIpc) is 2.77. The zero-order chi connectivity index (χ0) is 19.8. The number of hydrogen-bond donors (Lipinski definition) is 2. The van der Waals surface area contributed by atoms with E-state index in [9.17, 15) is 9.59 Å². The molecular formula is C22H21N3O2S. The Morgan fingerprint density at radius 3 is 2.50 bits per heavy atom. The van der Waals surface area contributed by atoms with Gasteiger partial charge in [-0.25, -0.2) is 0 Å². The molecule has 2 amide bonds. The SMILES string of the molecule is CSc1ccc(-c2cccc(C(=O)NCC(=O)NCc3cccnc3)c2)cc1. The number of carbonyl (C=O) groups excluding carboxylic acids is 2. The van der Waals surface area contributed by atoms with Crippen molar-refractivity contribution in [1.82, 2.24) is 15.6 Å². The molecule has 2 N–H and O–H groups in total. The molecular weight excluding hydrogens is 370 g/mol. The van der Waals surface area contributed by atoms with Crippen molar-refractivity contribution in [3.8, 4) is 11.1 Å². The van der Waals surface area contributed by atoms with Gasteiger partial charge >= 0.3 is 0 Å². The second-order valence-electron chi connectivity index (χ2n) is 6.13. The van der Waals surface area contributed by atoms with E-state index in [2.05, 4.69) is 27.8 Å². The predicted octanol–water partition coefficient (Wildman–Crippen LogP) is 3.52. The van der Waals surface area contributed by atoms with E-state index >= 15 is 0 Å². The fourth-order valence-corrected chi connectivity index (χ4v) is 3.06. The van der Waals surface area contributed by atoms with Gasteiger partial charge in [-0.05, 0) is 53.3 Å². The van der Waals surface area contributed by atoms with Crippen molar-refractivity contribution in [3.05, 3.63) is 84.2 Å². The lowest BCUT2D eigenvalue weighted by molar-refractivity contribution is -0.120. The first-order valence-electron chi connectivity index (χ1n) is 8.84. The van der Waals surface area contributed by atoms with E-state index in [0.29, 0.717) is 12.1 Å². The van der Waals surface area contributed by atoms with E-state index in [1.165, 1.54) is 4.90 Å². The molecule has 142 valence electrons. The van der Waals surface area contributed by atoms with Crippen LogP contribution in [0.4, 0.5) is 0 Å². The zero-order valence-corrected chi connectivity index (χ0v) is 16.3. The molecule has 1 aromatic heterocycles. The summed E-state index contributed by atoms with van der Waals surface area (Å²) in [5, 5.41) is 5.42. The first kappa shape index (κ1) is 19.6. The number of hydrogen-bond acceptors (Lipinski definition) is 4. The highest BCUT2D eigenvalue weighted by molar-refractivity contribution is 7.98. The van der Waals surface area contributed by atoms with Gasteiger partial charge in [0.2, 0.25) is 5.91 Å². The van der Waals surface area contributed by atoms with Gasteiger partial charge in [-0.15, -0.1) is 11.8 Å². The lowest BCUT2D eigenvalue weighted by atomic mass is 10.0. The van der Waals surface area contributed by atoms with Crippen LogP contribution >= 0.6 is 11.8 Å². The Hall–Kier alpha value is -3.12. The summed E-state index contributed by atoms with van der Waals surface area (Å²) < 4.78 is 0. The van der Waals surface area contributed by atoms with Crippen molar-refractivity contribution >= 4 is 23.6 Å². The minimum absolute atomic E-state index is 0.0776. The summed E-state index contributed by atoms with van der Waals surface area (Å²) in [6, 6.07) is 19.2. The van der Waals surface area contributed by atoms with Gasteiger partial charge in [0.15, 0.2) is 0 Å². The van der Waals surface area contributed by atoms with Gasteiger partial charge in [0.05, 0.1) is 6.54 Å². The molecule has 0 aliphatic rings. The molecule has 0 aliphatic carbocycles. The summed E-state index contributed by atoms with van der Waals surface area (Å²) in [5.74, 6) is -0.528. The Balaban J connectivity index is 1.56. The van der Waals surface area contributed by atoms with Crippen LogP contribution in [0.2, 0.25) is 0 Å². The summed E-state index contributed by atoms with van der Waals surface area (Å²) in [4.78, 5) is 29.5. The molecule has 6 heteroatoms. The third kappa shape index (κ3) is 5.44. The molecule has 3 aromatic rings. The molecule has 0 radical (unpaired) electrons. The van der Waals surface area contributed by atoms with Gasteiger partial charge in [-0.3, -0.25) is 14.6 Å². The van der Waals surface area contributed by atoms with Crippen molar-refractivity contribution in [2.45, 2.75) is 11.4 Å². The summed E-state index contributed by atoms with van der Waals surface area (Å²) in [6.07, 6.45) is 5.40. The molecule has 0 spiro atoms. The van der Waals surface area contributed by atoms with Crippen molar-refractivity contribution in [3.63, 3.8) is 0 Å². The fourth-order valence-electron chi connectivity index (χ4n) is 2.65. The molecule has 0 atom stereocenters. The lowest BCUT2D eigenvalue weighted by Crippen LogP contribution is -2.36. The molecule has 0 bridgehead atoms. The number of pyridine rings is 1. The summed E-state index contributed by atoms with van der Waals surface area (Å²) in [7, 11) is 0. The van der Waals surface area contributed by atoms with Gasteiger partial charge in [-0.2, -0.15) is 0 Å². The molecule has 0 saturated carbocycles. The van der Waals surface area contributed by atoms with Gasteiger partial charge < -0.3 is 10.6 Å². The number of amides is 2. The molecule has 0 unspecified atom stereocenters. The van der Waals surface area contributed by atoms with Crippen LogP contribution in [-0.2, 0) is 11.3 Å². The normalized spacial score (nSPS) is 10.3. The zero-order valence-electron chi connectivity index (χ0n) is 15.5. The number of rotatable bonds is 7. The minimum Gasteiger partial charge on any atom is -0.350 e. The van der Waals surface area contributed by atoms with Crippen molar-refractivity contribution < 1.29 is 9.59 Å². The average molecular weight is 391 g/mol. The van der Waals surface area contributed by atoms with Crippen LogP contribution in [0, 0.1) is 0 Å². The smallest absolute Gasteiger partial charge is 0.251 e. The molecule has 0 saturated heterocycles. The quantitative estimate of drug-likeness (QED) is 0.605. The third-order valence-electron chi connectivity index (χ3n) is 4.17. The Morgan fingerprint density at radius 1 is 0.964 bits per heavy atom. The van der Waals surface area contributed by atoms with Crippen molar-refractivity contribution in [2.75, 3.05) is 12.8 Å². The van der Waals surface area contributed by atoms with Gasteiger partial charge in [0, 0.05) is 29.4 Å². The van der Waals surface area contributed by atoms with Crippen molar-refractivity contribution in [1.29, 1.82) is 0 Å². The monoisotopic (exact) mass is 391 g/mol. The molecule has 28 heavy (non-hydrogen) atoms. The maximum atomic E-state index is 12.4. The van der Waals surface area contributed by atoms with E-state index in [-0.39, 0.29) is 18.4 Å². The first-order valence-corrected chi connectivity index (χ1v) is 10.1. The highest BCUT2D eigenvalue weighted by Crippen LogP contribution is 2.23. The summed E-state index contributed by atoms with van der Waals surface area (Å²) >= 11 is 1.69. The minimum atomic E-state index is -0.279. The predicted molar refractivity (Wildman–Crippen MR) is 112 cm³/mol. The summed E-state index contributed by atoms with van der Waals surface area (Å²) in [5.41, 5.74) is 3.43. The number of benzene rings is 2. The second kappa shape index (κ2) is 9.71. The molecule has 1 heterocycles. The maximum Gasteiger partial charge on any atom is 0.251 e. The number of nitrogens with zero attached hydrogens (tertiary/aromatic N) is 1. The molecule has 0 aliphatic heterocycles. The Kier molecular flexibility index (Phi) is 6.81. The van der Waals surface area contributed by atoms with Crippen LogP contribution in [0.5, 0.6) is 0 Å². The fraction of sp³-hybridized carbons (Fsp3) is 0.136. The number of thioether (sulfide) groups is 1. The molecule has 0 fully saturated rings. The molecule has 5 nitrogen and oxygen atoms in total. The standard InChI is InChI=1S/C22H21N3O2S/c1-28-20-9-7-17(8-10-20)18-5-2-6-19(12-18)22(27)25-15-21(26)24-14-16-4-3-11-23-13-16/h2-13H,14-15H2,1H3,(H,24,26)(H,25,27). The second-order valence-corrected chi connectivity index (χ2v) is 7.01. The molecule has 3 rings (SSSR count). The summed E-state index contributed by atoms with van der Waals surface area (Å²) in [6.45, 7) is 0.301. The topological polar surface area (TPSA) is 71.1 Å². The Labute approximate surface area is 168 Å². The van der Waals surface area contributed by atoms with Crippen LogP contribution < -0.4 is 10.6 Å². The van der Waals surface area contributed by atoms with Gasteiger partial charge in [0.1, 0.15) is 0 Å². The number of nitrogens with one attached hydrogen (secondary N) is 2. The van der Waals surface area contributed by atoms with Crippen LogP contribution in [0.25, 0.3) is 11.1 Å². The van der Waals surface area contributed by atoms with Gasteiger partial charge in [-0.1, -0.05) is 30.3 Å². The molecule has 2 aromatic carbocycles. The van der Waals surface area contributed by atoms with E-state index in [1.807, 2.05) is 48.7 Å². The third-order valence-corrected chi connectivity index (χ3v) is 4.91. The largest absolute Gasteiger partial charge is 0.350 e. The number of carbonyl (C=O) groups is 2. The van der Waals surface area contributed by atoms with Crippen LogP contribution in [0.1, 0.15) is 15.9 Å². The van der Waals surface area contributed by atoms with E-state index < -0.39 is 0 Å². The Morgan fingerprint density at radius 2 is 1.79 bits per heavy atom. The number of aromatic nitrogens is 1. The highest BCUT2D eigenvalue weighted by Gasteiger charge is 2.09. The first-order chi connectivity index (χ1) is 13.7. The van der Waals surface area contributed by atoms with E-state index in [0.717, 1.165) is 16.7 Å². The van der Waals surface area contributed by atoms with Gasteiger partial charge in [0.25, 0.3) is 5.91 Å². The highest BCUT2D eigenvalue weighted by atomic mass is 32.2. The van der Waals surface area contributed by atoms with E-state index in [1.54, 1.807) is 30.2 Å². The van der Waals surface area contributed by atoms with Crippen LogP contribution in [0.3, 0.4) is 0 Å². The maximum absolute atomic E-state index is 12.4. The van der Waals surface area contributed by atoms with Crippen LogP contribution in [-0.4, -0.2) is 29.6 Å². The Bertz CT molecular complexity index is 944.